The van der Waals surface area contributed by atoms with Gasteiger partial charge in [0.1, 0.15) is 5.58 Å². The van der Waals surface area contributed by atoms with Gasteiger partial charge in [0, 0.05) is 16.2 Å². The topological polar surface area (TPSA) is 13.1 Å². The molecule has 1 heterocycles. The van der Waals surface area contributed by atoms with Crippen LogP contribution in [0.2, 0.25) is 0 Å². The zero-order chi connectivity index (χ0) is 8.55. The Balaban J connectivity index is 2.70. The molecule has 1 atom stereocenters. The van der Waals surface area contributed by atoms with Crippen LogP contribution in [0.15, 0.2) is 34.9 Å². The molecule has 0 amide bonds. The van der Waals surface area contributed by atoms with Crippen LogP contribution >= 0.6 is 12.6 Å². The van der Waals surface area contributed by atoms with Crippen molar-refractivity contribution in [2.24, 2.45) is 0 Å². The second kappa shape index (κ2) is 2.87. The Bertz CT molecular complexity index is 389. The van der Waals surface area contributed by atoms with Crippen LogP contribution in [0.5, 0.6) is 0 Å². The highest BCUT2D eigenvalue weighted by Gasteiger charge is 2.07. The molecule has 0 aliphatic carbocycles. The van der Waals surface area contributed by atoms with Crippen molar-refractivity contribution in [3.05, 3.63) is 36.1 Å². The molecule has 1 aromatic carbocycles. The molecule has 0 bridgehead atoms. The van der Waals surface area contributed by atoms with Crippen LogP contribution in [0, 0.1) is 0 Å². The van der Waals surface area contributed by atoms with E-state index in [1.54, 1.807) is 6.26 Å². The molecule has 0 fully saturated rings. The van der Waals surface area contributed by atoms with Gasteiger partial charge < -0.3 is 4.42 Å². The van der Waals surface area contributed by atoms with Crippen LogP contribution in [0.25, 0.3) is 11.0 Å². The summed E-state index contributed by atoms with van der Waals surface area (Å²) in [6.45, 7) is 2.04. The maximum Gasteiger partial charge on any atom is 0.134 e. The molecule has 1 aromatic heterocycles. The normalized spacial score (nSPS) is 13.5. The van der Waals surface area contributed by atoms with Gasteiger partial charge in [0.2, 0.25) is 0 Å². The molecule has 62 valence electrons. The van der Waals surface area contributed by atoms with Gasteiger partial charge in [-0.25, -0.2) is 0 Å². The summed E-state index contributed by atoms with van der Waals surface area (Å²) in [5.74, 6) is 0. The van der Waals surface area contributed by atoms with Crippen LogP contribution in [-0.2, 0) is 0 Å². The molecule has 1 unspecified atom stereocenters. The van der Waals surface area contributed by atoms with Crippen LogP contribution in [0.3, 0.4) is 0 Å². The van der Waals surface area contributed by atoms with Crippen LogP contribution < -0.4 is 0 Å². The predicted octanol–water partition coefficient (Wildman–Crippen LogP) is 3.42. The first-order valence-corrected chi connectivity index (χ1v) is 4.45. The van der Waals surface area contributed by atoms with E-state index in [1.807, 2.05) is 25.1 Å². The largest absolute Gasteiger partial charge is 0.464 e. The monoisotopic (exact) mass is 178 g/mol. The van der Waals surface area contributed by atoms with Crippen molar-refractivity contribution in [1.29, 1.82) is 0 Å². The molecule has 0 spiro atoms. The molecular weight excluding hydrogens is 168 g/mol. The highest BCUT2D eigenvalue weighted by Crippen LogP contribution is 2.28. The van der Waals surface area contributed by atoms with Crippen molar-refractivity contribution in [3.63, 3.8) is 0 Å². The molecule has 2 rings (SSSR count). The molecule has 0 N–H and O–H groups in total. The van der Waals surface area contributed by atoms with Gasteiger partial charge in [-0.2, -0.15) is 12.6 Å². The van der Waals surface area contributed by atoms with Gasteiger partial charge in [0.15, 0.2) is 0 Å². The quantitative estimate of drug-likeness (QED) is 0.660. The zero-order valence-electron chi connectivity index (χ0n) is 6.82. The zero-order valence-corrected chi connectivity index (χ0v) is 7.71. The third kappa shape index (κ3) is 1.12. The smallest absolute Gasteiger partial charge is 0.134 e. The van der Waals surface area contributed by atoms with Crippen molar-refractivity contribution in [2.45, 2.75) is 12.2 Å². The van der Waals surface area contributed by atoms with Crippen molar-refractivity contribution in [3.8, 4) is 0 Å². The van der Waals surface area contributed by atoms with E-state index < -0.39 is 0 Å². The number of para-hydroxylation sites is 1. The molecule has 2 heteroatoms. The highest BCUT2D eigenvalue weighted by atomic mass is 32.1. The second-order valence-electron chi connectivity index (χ2n) is 2.86. The number of rotatable bonds is 1. The Hall–Kier alpha value is -0.890. The molecule has 12 heavy (non-hydrogen) atoms. The van der Waals surface area contributed by atoms with Gasteiger partial charge in [-0.05, 0) is 13.0 Å². The van der Waals surface area contributed by atoms with Crippen molar-refractivity contribution < 1.29 is 4.42 Å². The average Bonchev–Trinajstić information content (AvgIpc) is 2.47. The number of thiol groups is 1. The van der Waals surface area contributed by atoms with E-state index >= 15 is 0 Å². The number of fused-ring (bicyclic) bond motifs is 1. The summed E-state index contributed by atoms with van der Waals surface area (Å²) in [4.78, 5) is 0. The van der Waals surface area contributed by atoms with Gasteiger partial charge in [0.25, 0.3) is 0 Å². The molecule has 2 aromatic rings. The Morgan fingerprint density at radius 1 is 1.33 bits per heavy atom. The van der Waals surface area contributed by atoms with Gasteiger partial charge >= 0.3 is 0 Å². The lowest BCUT2D eigenvalue weighted by Crippen LogP contribution is -1.79. The van der Waals surface area contributed by atoms with E-state index in [1.165, 1.54) is 5.39 Å². The first-order chi connectivity index (χ1) is 5.79. The fraction of sp³-hybridized carbons (Fsp3) is 0.200. The summed E-state index contributed by atoms with van der Waals surface area (Å²) < 4.78 is 5.36. The summed E-state index contributed by atoms with van der Waals surface area (Å²) in [5.41, 5.74) is 2.10. The summed E-state index contributed by atoms with van der Waals surface area (Å²) in [7, 11) is 0. The standard InChI is InChI=1S/C10H10OS/c1-7(12)9-6-11-10-5-3-2-4-8(9)10/h2-7,12H,1H3. The van der Waals surface area contributed by atoms with Crippen molar-refractivity contribution >= 4 is 23.6 Å². The van der Waals surface area contributed by atoms with Gasteiger partial charge in [-0.1, -0.05) is 18.2 Å². The van der Waals surface area contributed by atoms with Crippen LogP contribution in [-0.4, -0.2) is 0 Å². The number of hydrogen-bond donors (Lipinski definition) is 1. The minimum absolute atomic E-state index is 0.230. The highest BCUT2D eigenvalue weighted by molar-refractivity contribution is 7.80. The lowest BCUT2D eigenvalue weighted by molar-refractivity contribution is 0.611. The number of hydrogen-bond acceptors (Lipinski definition) is 2. The van der Waals surface area contributed by atoms with Crippen LogP contribution in [0.4, 0.5) is 0 Å². The third-order valence-corrected chi connectivity index (χ3v) is 2.24. The van der Waals surface area contributed by atoms with Gasteiger partial charge in [0.05, 0.1) is 6.26 Å². The lowest BCUT2D eigenvalue weighted by Gasteiger charge is -1.98. The minimum atomic E-state index is 0.230. The fourth-order valence-electron chi connectivity index (χ4n) is 1.32. The van der Waals surface area contributed by atoms with Gasteiger partial charge in [-0.15, -0.1) is 0 Å². The summed E-state index contributed by atoms with van der Waals surface area (Å²) in [6, 6.07) is 8.01. The number of furan rings is 1. The summed E-state index contributed by atoms with van der Waals surface area (Å²) in [6.07, 6.45) is 1.78. The fourth-order valence-corrected chi connectivity index (χ4v) is 1.52. The minimum Gasteiger partial charge on any atom is -0.464 e. The van der Waals surface area contributed by atoms with Crippen molar-refractivity contribution in [2.75, 3.05) is 0 Å². The van der Waals surface area contributed by atoms with Gasteiger partial charge in [-0.3, -0.25) is 0 Å². The van der Waals surface area contributed by atoms with E-state index in [0.29, 0.717) is 0 Å². The first kappa shape index (κ1) is 7.74. The molecule has 1 nitrogen and oxygen atoms in total. The van der Waals surface area contributed by atoms with E-state index in [9.17, 15) is 0 Å². The molecule has 0 radical (unpaired) electrons. The van der Waals surface area contributed by atoms with E-state index in [4.69, 9.17) is 4.42 Å². The van der Waals surface area contributed by atoms with E-state index in [0.717, 1.165) is 11.1 Å². The number of benzene rings is 1. The maximum absolute atomic E-state index is 5.36. The molecular formula is C10H10OS. The van der Waals surface area contributed by atoms with E-state index in [2.05, 4.69) is 18.7 Å². The van der Waals surface area contributed by atoms with Crippen molar-refractivity contribution in [1.82, 2.24) is 0 Å². The SMILES string of the molecule is CC(S)c1coc2ccccc12. The summed E-state index contributed by atoms with van der Waals surface area (Å²) >= 11 is 4.37. The lowest BCUT2D eigenvalue weighted by atomic mass is 10.1. The Kier molecular flexibility index (Phi) is 1.85. The predicted molar refractivity (Wildman–Crippen MR) is 53.6 cm³/mol. The average molecular weight is 178 g/mol. The van der Waals surface area contributed by atoms with Crippen LogP contribution in [0.1, 0.15) is 17.7 Å². The first-order valence-electron chi connectivity index (χ1n) is 3.93. The molecule has 0 aliphatic heterocycles. The Labute approximate surface area is 76.8 Å². The Morgan fingerprint density at radius 2 is 2.08 bits per heavy atom. The molecule has 0 saturated carbocycles. The maximum atomic E-state index is 5.36. The molecule has 0 saturated heterocycles. The third-order valence-electron chi connectivity index (χ3n) is 1.96. The molecule has 0 aliphatic rings. The summed E-state index contributed by atoms with van der Waals surface area (Å²) in [5, 5.41) is 1.40. The Morgan fingerprint density at radius 3 is 2.83 bits per heavy atom. The second-order valence-corrected chi connectivity index (χ2v) is 3.64. The van der Waals surface area contributed by atoms with E-state index in [-0.39, 0.29) is 5.25 Å².